The largest absolute Gasteiger partial charge is 0.346 e. The van der Waals surface area contributed by atoms with Gasteiger partial charge in [-0.3, -0.25) is 14.9 Å². The molecule has 2 aromatic heterocycles. The minimum Gasteiger partial charge on any atom is -0.346 e. The summed E-state index contributed by atoms with van der Waals surface area (Å²) in [5, 5.41) is 10.1. The Morgan fingerprint density at radius 1 is 1.20 bits per heavy atom. The molecule has 6 nitrogen and oxygen atoms in total. The van der Waals surface area contributed by atoms with Gasteiger partial charge in [0.2, 0.25) is 5.91 Å². The number of hydrogen-bond donors (Lipinski definition) is 2. The number of aromatic amines is 1. The zero-order valence-corrected chi connectivity index (χ0v) is 14.3. The lowest BCUT2D eigenvalue weighted by Crippen LogP contribution is -2.32. The van der Waals surface area contributed by atoms with Gasteiger partial charge in [-0.25, -0.2) is 4.98 Å². The van der Waals surface area contributed by atoms with Gasteiger partial charge >= 0.3 is 0 Å². The van der Waals surface area contributed by atoms with Crippen LogP contribution in [0.2, 0.25) is 0 Å². The Morgan fingerprint density at radius 3 is 2.68 bits per heavy atom. The molecule has 0 radical (unpaired) electrons. The molecule has 128 valence electrons. The van der Waals surface area contributed by atoms with Gasteiger partial charge < -0.3 is 5.32 Å². The third kappa shape index (κ3) is 3.91. The van der Waals surface area contributed by atoms with E-state index < -0.39 is 0 Å². The molecule has 0 spiro atoms. The van der Waals surface area contributed by atoms with Crippen molar-refractivity contribution in [1.82, 2.24) is 25.5 Å². The first-order chi connectivity index (χ1) is 12.2. The predicted octanol–water partition coefficient (Wildman–Crippen LogP) is 3.24. The number of benzene rings is 1. The second-order valence-electron chi connectivity index (χ2n) is 5.89. The van der Waals surface area contributed by atoms with E-state index in [2.05, 4.69) is 25.5 Å². The molecular weight excluding hydrogens is 314 g/mol. The van der Waals surface area contributed by atoms with E-state index in [0.29, 0.717) is 11.6 Å². The molecule has 2 atom stereocenters. The fourth-order valence-electron chi connectivity index (χ4n) is 2.73. The summed E-state index contributed by atoms with van der Waals surface area (Å²) < 4.78 is 0. The molecule has 6 heteroatoms. The maximum absolute atomic E-state index is 12.7. The van der Waals surface area contributed by atoms with Gasteiger partial charge in [-0.2, -0.15) is 5.10 Å². The lowest BCUT2D eigenvalue weighted by molar-refractivity contribution is -0.123. The molecule has 0 aliphatic carbocycles. The number of carbonyl (C=O) groups excluding carboxylic acids is 1. The van der Waals surface area contributed by atoms with Crippen LogP contribution in [0.15, 0.2) is 54.9 Å². The maximum atomic E-state index is 12.7. The number of nitrogens with one attached hydrogen (secondary N) is 2. The lowest BCUT2D eigenvalue weighted by Gasteiger charge is -2.18. The van der Waals surface area contributed by atoms with Gasteiger partial charge in [-0.1, -0.05) is 37.3 Å². The van der Waals surface area contributed by atoms with E-state index in [-0.39, 0.29) is 17.9 Å². The van der Waals surface area contributed by atoms with Crippen LogP contribution in [0.25, 0.3) is 11.4 Å². The van der Waals surface area contributed by atoms with E-state index >= 15 is 0 Å². The fourth-order valence-corrected chi connectivity index (χ4v) is 2.73. The molecule has 1 aromatic carbocycles. The van der Waals surface area contributed by atoms with E-state index in [4.69, 9.17) is 0 Å². The van der Waals surface area contributed by atoms with Gasteiger partial charge in [-0.15, -0.1) is 0 Å². The number of H-pyrrole nitrogens is 1. The highest BCUT2D eigenvalue weighted by atomic mass is 16.1. The Balaban J connectivity index is 1.70. The Labute approximate surface area is 146 Å². The monoisotopic (exact) mass is 335 g/mol. The summed E-state index contributed by atoms with van der Waals surface area (Å²) in [6, 6.07) is 13.3. The van der Waals surface area contributed by atoms with Crippen LogP contribution in [0.5, 0.6) is 0 Å². The minimum absolute atomic E-state index is 0.0134. The number of hydrogen-bond acceptors (Lipinski definition) is 4. The first-order valence-corrected chi connectivity index (χ1v) is 8.37. The van der Waals surface area contributed by atoms with Crippen molar-refractivity contribution in [3.63, 3.8) is 0 Å². The average molecular weight is 335 g/mol. The Hall–Kier alpha value is -3.02. The highest BCUT2D eigenvalue weighted by molar-refractivity contribution is 5.83. The Kier molecular flexibility index (Phi) is 5.18. The molecule has 3 aromatic rings. The van der Waals surface area contributed by atoms with Crippen molar-refractivity contribution in [3.8, 4) is 11.4 Å². The number of nitrogens with zero attached hydrogens (tertiary/aromatic N) is 3. The molecule has 2 N–H and O–H groups in total. The Bertz CT molecular complexity index is 816. The summed E-state index contributed by atoms with van der Waals surface area (Å²) in [4.78, 5) is 21.2. The third-order valence-electron chi connectivity index (χ3n) is 4.12. The smallest absolute Gasteiger partial charge is 0.228 e. The van der Waals surface area contributed by atoms with Crippen molar-refractivity contribution in [1.29, 1.82) is 0 Å². The SMILES string of the molecule is CCC(C(=O)NC(C)c1nc(-c2cccnc2)n[nH]1)c1ccccc1. The topological polar surface area (TPSA) is 83.6 Å². The van der Waals surface area contributed by atoms with Gasteiger partial charge in [0, 0.05) is 18.0 Å². The molecule has 0 saturated carbocycles. The molecular formula is C19H21N5O. The summed E-state index contributed by atoms with van der Waals surface area (Å²) in [5.74, 6) is 0.999. The van der Waals surface area contributed by atoms with Crippen LogP contribution >= 0.6 is 0 Å². The molecule has 1 amide bonds. The molecule has 0 bridgehead atoms. The van der Waals surface area contributed by atoms with E-state index in [1.54, 1.807) is 12.4 Å². The zero-order valence-electron chi connectivity index (χ0n) is 14.3. The summed E-state index contributed by atoms with van der Waals surface area (Å²) >= 11 is 0. The van der Waals surface area contributed by atoms with Gasteiger partial charge in [0.15, 0.2) is 5.82 Å². The Morgan fingerprint density at radius 2 is 2.00 bits per heavy atom. The standard InChI is InChI=1S/C19H21N5O/c1-3-16(14-8-5-4-6-9-14)19(25)21-13(2)17-22-18(24-23-17)15-10-7-11-20-12-15/h4-13,16H,3H2,1-2H3,(H,21,25)(H,22,23,24). The zero-order chi connectivity index (χ0) is 17.6. The van der Waals surface area contributed by atoms with Crippen LogP contribution in [0.3, 0.4) is 0 Å². The van der Waals surface area contributed by atoms with Crippen molar-refractivity contribution < 1.29 is 4.79 Å². The van der Waals surface area contributed by atoms with Gasteiger partial charge in [-0.05, 0) is 31.0 Å². The fraction of sp³-hybridized carbons (Fsp3) is 0.263. The highest BCUT2D eigenvalue weighted by Crippen LogP contribution is 2.21. The van der Waals surface area contributed by atoms with Crippen LogP contribution < -0.4 is 5.32 Å². The molecule has 0 aliphatic heterocycles. The van der Waals surface area contributed by atoms with Gasteiger partial charge in [0.1, 0.15) is 5.82 Å². The van der Waals surface area contributed by atoms with Crippen LogP contribution in [0.4, 0.5) is 0 Å². The second kappa shape index (κ2) is 7.70. The average Bonchev–Trinajstić information content (AvgIpc) is 3.14. The van der Waals surface area contributed by atoms with Crippen LogP contribution in [-0.2, 0) is 4.79 Å². The summed E-state index contributed by atoms with van der Waals surface area (Å²) in [5.41, 5.74) is 1.85. The number of rotatable bonds is 6. The molecule has 25 heavy (non-hydrogen) atoms. The van der Waals surface area contributed by atoms with Crippen LogP contribution in [0, 0.1) is 0 Å². The van der Waals surface area contributed by atoms with Crippen molar-refractivity contribution in [3.05, 3.63) is 66.2 Å². The highest BCUT2D eigenvalue weighted by Gasteiger charge is 2.22. The van der Waals surface area contributed by atoms with Crippen molar-refractivity contribution >= 4 is 5.91 Å². The molecule has 0 fully saturated rings. The van der Waals surface area contributed by atoms with Crippen molar-refractivity contribution in [2.24, 2.45) is 0 Å². The van der Waals surface area contributed by atoms with Gasteiger partial charge in [0.25, 0.3) is 0 Å². The quantitative estimate of drug-likeness (QED) is 0.724. The lowest BCUT2D eigenvalue weighted by atomic mass is 9.95. The molecule has 0 saturated heterocycles. The van der Waals surface area contributed by atoms with E-state index in [0.717, 1.165) is 17.5 Å². The van der Waals surface area contributed by atoms with Gasteiger partial charge in [0.05, 0.1) is 12.0 Å². The number of carbonyl (C=O) groups is 1. The summed E-state index contributed by atoms with van der Waals surface area (Å²) in [6.07, 6.45) is 4.15. The molecule has 2 heterocycles. The van der Waals surface area contributed by atoms with E-state index in [9.17, 15) is 4.79 Å². The van der Waals surface area contributed by atoms with Crippen LogP contribution in [-0.4, -0.2) is 26.1 Å². The van der Waals surface area contributed by atoms with Crippen molar-refractivity contribution in [2.75, 3.05) is 0 Å². The maximum Gasteiger partial charge on any atom is 0.228 e. The van der Waals surface area contributed by atoms with E-state index in [1.807, 2.05) is 56.3 Å². The first kappa shape index (κ1) is 16.8. The van der Waals surface area contributed by atoms with Crippen molar-refractivity contribution in [2.45, 2.75) is 32.2 Å². The molecule has 0 aliphatic rings. The first-order valence-electron chi connectivity index (χ1n) is 8.37. The second-order valence-corrected chi connectivity index (χ2v) is 5.89. The number of amides is 1. The number of pyridine rings is 1. The third-order valence-corrected chi connectivity index (χ3v) is 4.12. The normalized spacial score (nSPS) is 13.2. The van der Waals surface area contributed by atoms with Crippen LogP contribution in [0.1, 0.15) is 43.6 Å². The molecule has 3 rings (SSSR count). The van der Waals surface area contributed by atoms with E-state index in [1.165, 1.54) is 0 Å². The number of aromatic nitrogens is 4. The minimum atomic E-state index is -0.261. The predicted molar refractivity (Wildman–Crippen MR) is 95.6 cm³/mol. The summed E-state index contributed by atoms with van der Waals surface area (Å²) in [7, 11) is 0. The molecule has 2 unspecified atom stereocenters. The summed E-state index contributed by atoms with van der Waals surface area (Å²) in [6.45, 7) is 3.90.